The molecule has 2 fully saturated rings. The quantitative estimate of drug-likeness (QED) is 0.546. The van der Waals surface area contributed by atoms with Crippen LogP contribution < -0.4 is 5.32 Å². The Balaban J connectivity index is 1.10. The standard InChI is InChI=1S/C30H36N4O/c35-29(31-28-16-17-33(23-28)22-25-10-4-1-5-11-25)24-32-18-20-34(21-19-32)30(26-12-6-2-7-13-26)27-14-8-3-9-15-27/h1-15,28,30H,16-24H2,(H,31,35). The Hall–Kier alpha value is -2.99. The Morgan fingerprint density at radius 3 is 1.91 bits per heavy atom. The number of amides is 1. The molecule has 3 aromatic carbocycles. The molecule has 0 radical (unpaired) electrons. The molecule has 1 amide bonds. The number of rotatable bonds is 8. The average Bonchev–Trinajstić information content (AvgIpc) is 3.33. The van der Waals surface area contributed by atoms with Gasteiger partial charge in [-0.1, -0.05) is 91.0 Å². The number of hydrogen-bond donors (Lipinski definition) is 1. The average molecular weight is 469 g/mol. The first-order chi connectivity index (χ1) is 17.2. The van der Waals surface area contributed by atoms with Crippen LogP contribution in [0.2, 0.25) is 0 Å². The Kier molecular flexibility index (Phi) is 7.89. The lowest BCUT2D eigenvalue weighted by Crippen LogP contribution is -2.51. The summed E-state index contributed by atoms with van der Waals surface area (Å²) >= 11 is 0. The number of hydrogen-bond acceptors (Lipinski definition) is 4. The van der Waals surface area contributed by atoms with Gasteiger partial charge in [-0.25, -0.2) is 0 Å². The summed E-state index contributed by atoms with van der Waals surface area (Å²) in [5.74, 6) is 0.160. The summed E-state index contributed by atoms with van der Waals surface area (Å²) in [5.41, 5.74) is 3.99. The SMILES string of the molecule is O=C(CN1CCN(C(c2ccccc2)c2ccccc2)CC1)NC1CCN(Cc2ccccc2)C1. The summed E-state index contributed by atoms with van der Waals surface area (Å²) in [6.07, 6.45) is 1.03. The molecule has 1 N–H and O–H groups in total. The summed E-state index contributed by atoms with van der Waals surface area (Å²) in [5, 5.41) is 3.29. The van der Waals surface area contributed by atoms with E-state index in [1.165, 1.54) is 16.7 Å². The lowest BCUT2D eigenvalue weighted by atomic mass is 9.96. The van der Waals surface area contributed by atoms with Crippen molar-refractivity contribution in [1.82, 2.24) is 20.0 Å². The summed E-state index contributed by atoms with van der Waals surface area (Å²) in [6, 6.07) is 32.6. The second-order valence-electron chi connectivity index (χ2n) is 9.81. The van der Waals surface area contributed by atoms with Crippen LogP contribution >= 0.6 is 0 Å². The van der Waals surface area contributed by atoms with E-state index in [0.29, 0.717) is 6.54 Å². The highest BCUT2D eigenvalue weighted by molar-refractivity contribution is 5.78. The Morgan fingerprint density at radius 2 is 1.31 bits per heavy atom. The number of likely N-dealkylation sites (tertiary alicyclic amines) is 1. The summed E-state index contributed by atoms with van der Waals surface area (Å²) < 4.78 is 0. The van der Waals surface area contributed by atoms with E-state index in [2.05, 4.69) is 111 Å². The van der Waals surface area contributed by atoms with Gasteiger partial charge < -0.3 is 5.32 Å². The molecule has 182 valence electrons. The van der Waals surface area contributed by atoms with Gasteiger partial charge in [0.15, 0.2) is 0 Å². The molecule has 5 heteroatoms. The van der Waals surface area contributed by atoms with E-state index in [1.807, 2.05) is 0 Å². The lowest BCUT2D eigenvalue weighted by Gasteiger charge is -2.39. The monoisotopic (exact) mass is 468 g/mol. The van der Waals surface area contributed by atoms with Crippen LogP contribution in [0, 0.1) is 0 Å². The second-order valence-corrected chi connectivity index (χ2v) is 9.81. The molecule has 3 aromatic rings. The highest BCUT2D eigenvalue weighted by Gasteiger charge is 2.28. The molecule has 1 unspecified atom stereocenters. The van der Waals surface area contributed by atoms with Gasteiger partial charge in [0, 0.05) is 51.9 Å². The van der Waals surface area contributed by atoms with Crippen LogP contribution in [0.5, 0.6) is 0 Å². The predicted molar refractivity (Wildman–Crippen MR) is 141 cm³/mol. The van der Waals surface area contributed by atoms with Gasteiger partial charge in [0.05, 0.1) is 12.6 Å². The van der Waals surface area contributed by atoms with Gasteiger partial charge in [0.25, 0.3) is 0 Å². The third-order valence-electron chi connectivity index (χ3n) is 7.26. The number of nitrogens with zero attached hydrogens (tertiary/aromatic N) is 3. The minimum atomic E-state index is 0.160. The summed E-state index contributed by atoms with van der Waals surface area (Å²) in [6.45, 7) is 7.15. The molecular formula is C30H36N4O. The first-order valence-electron chi connectivity index (χ1n) is 12.9. The molecule has 2 saturated heterocycles. The van der Waals surface area contributed by atoms with Crippen LogP contribution in [0.1, 0.15) is 29.2 Å². The third kappa shape index (κ3) is 6.37. The number of carbonyl (C=O) groups excluding carboxylic acids is 1. The van der Waals surface area contributed by atoms with E-state index >= 15 is 0 Å². The van der Waals surface area contributed by atoms with Crippen molar-refractivity contribution in [3.8, 4) is 0 Å². The van der Waals surface area contributed by atoms with Gasteiger partial charge in [0.2, 0.25) is 5.91 Å². The first kappa shape index (κ1) is 23.7. The van der Waals surface area contributed by atoms with Gasteiger partial charge >= 0.3 is 0 Å². The Bertz CT molecular complexity index is 1010. The van der Waals surface area contributed by atoms with Gasteiger partial charge in [-0.3, -0.25) is 19.5 Å². The molecule has 2 aliphatic heterocycles. The van der Waals surface area contributed by atoms with Crippen molar-refractivity contribution in [3.63, 3.8) is 0 Å². The van der Waals surface area contributed by atoms with Gasteiger partial charge in [-0.2, -0.15) is 0 Å². The normalized spacial score (nSPS) is 19.7. The Labute approximate surface area is 209 Å². The van der Waals surface area contributed by atoms with E-state index in [4.69, 9.17) is 0 Å². The van der Waals surface area contributed by atoms with Crippen molar-refractivity contribution >= 4 is 5.91 Å². The highest BCUT2D eigenvalue weighted by Crippen LogP contribution is 2.29. The highest BCUT2D eigenvalue weighted by atomic mass is 16.2. The van der Waals surface area contributed by atoms with Crippen molar-refractivity contribution in [1.29, 1.82) is 0 Å². The smallest absolute Gasteiger partial charge is 0.234 e. The molecule has 0 spiro atoms. The fraction of sp³-hybridized carbons (Fsp3) is 0.367. The minimum absolute atomic E-state index is 0.160. The fourth-order valence-corrected chi connectivity index (χ4v) is 5.48. The molecule has 5 nitrogen and oxygen atoms in total. The van der Waals surface area contributed by atoms with Crippen molar-refractivity contribution < 1.29 is 4.79 Å². The molecule has 0 saturated carbocycles. The minimum Gasteiger partial charge on any atom is -0.351 e. The van der Waals surface area contributed by atoms with Crippen LogP contribution in [-0.2, 0) is 11.3 Å². The fourth-order valence-electron chi connectivity index (χ4n) is 5.48. The van der Waals surface area contributed by atoms with Crippen LogP contribution in [0.25, 0.3) is 0 Å². The Morgan fingerprint density at radius 1 is 0.743 bits per heavy atom. The zero-order valence-electron chi connectivity index (χ0n) is 20.4. The van der Waals surface area contributed by atoms with Crippen LogP contribution in [-0.4, -0.2) is 72.5 Å². The maximum Gasteiger partial charge on any atom is 0.234 e. The zero-order valence-corrected chi connectivity index (χ0v) is 20.4. The maximum absolute atomic E-state index is 12.8. The third-order valence-corrected chi connectivity index (χ3v) is 7.26. The molecule has 0 aliphatic carbocycles. The van der Waals surface area contributed by atoms with E-state index in [0.717, 1.165) is 52.2 Å². The van der Waals surface area contributed by atoms with Crippen molar-refractivity contribution in [3.05, 3.63) is 108 Å². The van der Waals surface area contributed by atoms with Crippen LogP contribution in [0.3, 0.4) is 0 Å². The summed E-state index contributed by atoms with van der Waals surface area (Å²) in [7, 11) is 0. The van der Waals surface area contributed by atoms with E-state index in [9.17, 15) is 4.79 Å². The predicted octanol–water partition coefficient (Wildman–Crippen LogP) is 3.78. The number of carbonyl (C=O) groups is 1. The van der Waals surface area contributed by atoms with E-state index < -0.39 is 0 Å². The molecular weight excluding hydrogens is 432 g/mol. The van der Waals surface area contributed by atoms with Gasteiger partial charge in [0.1, 0.15) is 0 Å². The second kappa shape index (κ2) is 11.6. The number of piperazine rings is 1. The molecule has 0 bridgehead atoms. The molecule has 1 atom stereocenters. The molecule has 0 aromatic heterocycles. The van der Waals surface area contributed by atoms with Crippen molar-refractivity contribution in [2.75, 3.05) is 45.8 Å². The first-order valence-corrected chi connectivity index (χ1v) is 12.9. The van der Waals surface area contributed by atoms with E-state index in [1.54, 1.807) is 0 Å². The molecule has 2 aliphatic rings. The van der Waals surface area contributed by atoms with Crippen molar-refractivity contribution in [2.24, 2.45) is 0 Å². The summed E-state index contributed by atoms with van der Waals surface area (Å²) in [4.78, 5) is 20.1. The van der Waals surface area contributed by atoms with Gasteiger partial charge in [-0.05, 0) is 23.1 Å². The molecule has 2 heterocycles. The zero-order chi connectivity index (χ0) is 23.9. The topological polar surface area (TPSA) is 38.8 Å². The maximum atomic E-state index is 12.8. The lowest BCUT2D eigenvalue weighted by molar-refractivity contribution is -0.123. The van der Waals surface area contributed by atoms with Crippen LogP contribution in [0.15, 0.2) is 91.0 Å². The van der Waals surface area contributed by atoms with Crippen LogP contribution in [0.4, 0.5) is 0 Å². The van der Waals surface area contributed by atoms with Gasteiger partial charge in [-0.15, -0.1) is 0 Å². The largest absolute Gasteiger partial charge is 0.351 e. The van der Waals surface area contributed by atoms with Crippen molar-refractivity contribution in [2.45, 2.75) is 25.0 Å². The number of nitrogens with one attached hydrogen (secondary N) is 1. The number of benzene rings is 3. The molecule has 35 heavy (non-hydrogen) atoms. The van der Waals surface area contributed by atoms with E-state index in [-0.39, 0.29) is 18.0 Å². The molecule has 5 rings (SSSR count).